The summed E-state index contributed by atoms with van der Waals surface area (Å²) in [4.78, 5) is 26.1. The molecule has 0 aliphatic heterocycles. The third-order valence-electron chi connectivity index (χ3n) is 5.20. The van der Waals surface area contributed by atoms with Crippen molar-refractivity contribution >= 4 is 22.8 Å². The Hall–Kier alpha value is -3.02. The number of amides is 1. The van der Waals surface area contributed by atoms with Gasteiger partial charge in [0, 0.05) is 18.0 Å². The van der Waals surface area contributed by atoms with E-state index in [9.17, 15) is 9.59 Å². The quantitative estimate of drug-likeness (QED) is 0.561. The number of aryl methyl sites for hydroxylation is 2. The second-order valence-electron chi connectivity index (χ2n) is 7.72. The van der Waals surface area contributed by atoms with E-state index in [1.54, 1.807) is 31.2 Å². The lowest BCUT2D eigenvalue weighted by atomic mass is 9.95. The Morgan fingerprint density at radius 1 is 1.17 bits per heavy atom. The molecule has 0 radical (unpaired) electrons. The summed E-state index contributed by atoms with van der Waals surface area (Å²) in [7, 11) is 3.04. The van der Waals surface area contributed by atoms with Crippen LogP contribution in [0.15, 0.2) is 33.3 Å². The topological polar surface area (TPSA) is 72.9 Å². The van der Waals surface area contributed by atoms with E-state index in [0.29, 0.717) is 23.0 Å². The Kier molecular flexibility index (Phi) is 5.82. The summed E-state index contributed by atoms with van der Waals surface area (Å²) >= 11 is 0. The fourth-order valence-electron chi connectivity index (χ4n) is 3.56. The number of carbonyl (C=O) groups is 2. The highest BCUT2D eigenvalue weighted by Gasteiger charge is 2.20. The van der Waals surface area contributed by atoms with Crippen molar-refractivity contribution in [2.75, 3.05) is 14.2 Å². The van der Waals surface area contributed by atoms with Crippen molar-refractivity contribution in [3.05, 3.63) is 58.2 Å². The molecule has 0 spiro atoms. The lowest BCUT2D eigenvalue weighted by Crippen LogP contribution is -2.27. The van der Waals surface area contributed by atoms with E-state index < -0.39 is 5.97 Å². The predicted octanol–water partition coefficient (Wildman–Crippen LogP) is 4.75. The number of furan rings is 2. The maximum Gasteiger partial charge on any atom is 0.341 e. The van der Waals surface area contributed by atoms with Gasteiger partial charge in [0.15, 0.2) is 0 Å². The van der Waals surface area contributed by atoms with Crippen LogP contribution < -0.4 is 0 Å². The summed E-state index contributed by atoms with van der Waals surface area (Å²) < 4.78 is 16.0. The molecule has 3 aromatic rings. The molecule has 0 N–H and O–H groups in total. The van der Waals surface area contributed by atoms with Gasteiger partial charge in [-0.2, -0.15) is 0 Å². The molecule has 2 aromatic heterocycles. The first-order valence-electron chi connectivity index (χ1n) is 9.63. The van der Waals surface area contributed by atoms with Crippen molar-refractivity contribution in [2.45, 2.75) is 46.6 Å². The Labute approximate surface area is 170 Å². The molecule has 29 heavy (non-hydrogen) atoms. The van der Waals surface area contributed by atoms with E-state index in [1.165, 1.54) is 18.2 Å². The number of hydrogen-bond acceptors (Lipinski definition) is 5. The van der Waals surface area contributed by atoms with Crippen molar-refractivity contribution in [1.82, 2.24) is 4.90 Å². The van der Waals surface area contributed by atoms with Gasteiger partial charge in [-0.3, -0.25) is 4.79 Å². The number of esters is 1. The second kappa shape index (κ2) is 8.15. The van der Waals surface area contributed by atoms with Gasteiger partial charge < -0.3 is 18.5 Å². The molecule has 2 heterocycles. The monoisotopic (exact) mass is 397 g/mol. The van der Waals surface area contributed by atoms with Gasteiger partial charge in [0.1, 0.15) is 22.7 Å². The second-order valence-corrected chi connectivity index (χ2v) is 7.72. The van der Waals surface area contributed by atoms with Crippen LogP contribution >= 0.6 is 0 Å². The Morgan fingerprint density at radius 3 is 2.55 bits per heavy atom. The summed E-state index contributed by atoms with van der Waals surface area (Å²) in [5, 5.41) is 0.975. The van der Waals surface area contributed by atoms with E-state index in [1.807, 2.05) is 6.07 Å². The van der Waals surface area contributed by atoms with Gasteiger partial charge in [0.25, 0.3) is 0 Å². The summed E-state index contributed by atoms with van der Waals surface area (Å²) in [6, 6.07) is 5.78. The first kappa shape index (κ1) is 20.7. The molecule has 154 valence electrons. The number of rotatable bonds is 6. The average molecular weight is 397 g/mol. The smallest absolute Gasteiger partial charge is 0.341 e. The molecule has 3 rings (SSSR count). The molecule has 6 heteroatoms. The van der Waals surface area contributed by atoms with Crippen molar-refractivity contribution in [3.63, 3.8) is 0 Å². The number of nitrogens with zero attached hydrogens (tertiary/aromatic N) is 1. The number of methoxy groups -OCH3 is 1. The van der Waals surface area contributed by atoms with E-state index in [2.05, 4.69) is 26.8 Å². The number of likely N-dealkylation sites (N-methyl/N-ethyl adjacent to an activating group) is 1. The molecule has 0 fully saturated rings. The maximum atomic E-state index is 12.8. The first-order valence-corrected chi connectivity index (χ1v) is 9.63. The molecular formula is C23H27NO5. The van der Waals surface area contributed by atoms with Gasteiger partial charge >= 0.3 is 5.97 Å². The molecular weight excluding hydrogens is 370 g/mol. The van der Waals surface area contributed by atoms with Crippen molar-refractivity contribution in [2.24, 2.45) is 0 Å². The third kappa shape index (κ3) is 4.21. The van der Waals surface area contributed by atoms with Crippen LogP contribution in [0.25, 0.3) is 11.0 Å². The summed E-state index contributed by atoms with van der Waals surface area (Å²) in [6.07, 6.45) is 1.89. The lowest BCUT2D eigenvalue weighted by molar-refractivity contribution is -0.129. The molecule has 1 aromatic carbocycles. The molecule has 0 saturated heterocycles. The highest BCUT2D eigenvalue weighted by Crippen LogP contribution is 2.29. The Bertz CT molecular complexity index is 1060. The minimum atomic E-state index is -0.451. The van der Waals surface area contributed by atoms with Crippen LogP contribution in [-0.4, -0.2) is 30.9 Å². The zero-order chi connectivity index (χ0) is 21.3. The number of fused-ring (bicyclic) bond motifs is 1. The molecule has 0 unspecified atom stereocenters. The number of carbonyl (C=O) groups excluding carboxylic acids is 2. The molecule has 0 saturated carbocycles. The average Bonchev–Trinajstić information content (AvgIpc) is 3.22. The van der Waals surface area contributed by atoms with E-state index in [4.69, 9.17) is 13.6 Å². The van der Waals surface area contributed by atoms with Gasteiger partial charge in [-0.05, 0) is 49.1 Å². The minimum Gasteiger partial charge on any atom is -0.465 e. The van der Waals surface area contributed by atoms with Crippen LogP contribution in [0.5, 0.6) is 0 Å². The largest absolute Gasteiger partial charge is 0.465 e. The van der Waals surface area contributed by atoms with Crippen LogP contribution in [-0.2, 0) is 22.5 Å². The maximum absolute atomic E-state index is 12.8. The highest BCUT2D eigenvalue weighted by atomic mass is 16.5. The van der Waals surface area contributed by atoms with Crippen LogP contribution in [0.2, 0.25) is 0 Å². The van der Waals surface area contributed by atoms with Crippen LogP contribution in [0.3, 0.4) is 0 Å². The van der Waals surface area contributed by atoms with E-state index in [-0.39, 0.29) is 18.9 Å². The van der Waals surface area contributed by atoms with E-state index >= 15 is 0 Å². The number of benzene rings is 1. The van der Waals surface area contributed by atoms with Crippen LogP contribution in [0, 0.1) is 13.8 Å². The first-order chi connectivity index (χ1) is 13.7. The van der Waals surface area contributed by atoms with Gasteiger partial charge in [-0.15, -0.1) is 0 Å². The zero-order valence-corrected chi connectivity index (χ0v) is 17.8. The molecule has 6 nitrogen and oxygen atoms in total. The van der Waals surface area contributed by atoms with Gasteiger partial charge in [0.2, 0.25) is 5.91 Å². The Morgan fingerprint density at radius 2 is 1.90 bits per heavy atom. The molecule has 0 aliphatic carbocycles. The summed E-state index contributed by atoms with van der Waals surface area (Å²) in [6.45, 7) is 8.34. The zero-order valence-electron chi connectivity index (χ0n) is 17.8. The highest BCUT2D eigenvalue weighted by molar-refractivity contribution is 5.91. The Balaban J connectivity index is 1.76. The van der Waals surface area contributed by atoms with E-state index in [0.717, 1.165) is 16.5 Å². The van der Waals surface area contributed by atoms with Gasteiger partial charge in [0.05, 0.1) is 26.3 Å². The lowest BCUT2D eigenvalue weighted by Gasteiger charge is -2.15. The van der Waals surface area contributed by atoms with Crippen molar-refractivity contribution in [1.29, 1.82) is 0 Å². The fourth-order valence-corrected chi connectivity index (χ4v) is 3.56. The standard InChI is InChI=1S/C23H27NO5/c1-13(2)18-10-20-16(12-28-21(20)7-14(18)3)8-22(25)24(5)11-17-9-19(15(4)29-17)23(26)27-6/h7,9-10,12-13H,8,11H2,1-6H3. The molecule has 0 aliphatic rings. The normalized spacial score (nSPS) is 11.3. The van der Waals surface area contributed by atoms with Crippen molar-refractivity contribution < 1.29 is 23.2 Å². The predicted molar refractivity (Wildman–Crippen MR) is 110 cm³/mol. The minimum absolute atomic E-state index is 0.0620. The number of ether oxygens (including phenoxy) is 1. The molecule has 0 bridgehead atoms. The van der Waals surface area contributed by atoms with Crippen LogP contribution in [0.4, 0.5) is 0 Å². The van der Waals surface area contributed by atoms with Crippen molar-refractivity contribution in [3.8, 4) is 0 Å². The molecule has 1 amide bonds. The molecule has 0 atom stereocenters. The summed E-state index contributed by atoms with van der Waals surface area (Å²) in [5.74, 6) is 0.894. The van der Waals surface area contributed by atoms with Gasteiger partial charge in [-0.1, -0.05) is 13.8 Å². The SMILES string of the molecule is COC(=O)c1cc(CN(C)C(=O)Cc2coc3cc(C)c(C(C)C)cc23)oc1C. The van der Waals surface area contributed by atoms with Gasteiger partial charge in [-0.25, -0.2) is 4.79 Å². The number of hydrogen-bond donors (Lipinski definition) is 0. The third-order valence-corrected chi connectivity index (χ3v) is 5.20. The fraction of sp³-hybridized carbons (Fsp3) is 0.391. The van der Waals surface area contributed by atoms with Crippen LogP contribution in [0.1, 0.15) is 58.3 Å². The summed E-state index contributed by atoms with van der Waals surface area (Å²) in [5.41, 5.74) is 4.47.